The van der Waals surface area contributed by atoms with Crippen molar-refractivity contribution >= 4 is 9.84 Å². The highest BCUT2D eigenvalue weighted by Gasteiger charge is 2.32. The third-order valence-electron chi connectivity index (χ3n) is 4.55. The Hall–Kier alpha value is -0.870. The molecule has 2 rings (SSSR count). The van der Waals surface area contributed by atoms with Crippen molar-refractivity contribution in [3.05, 3.63) is 29.3 Å². The molecule has 0 radical (unpaired) electrons. The van der Waals surface area contributed by atoms with Crippen molar-refractivity contribution in [2.24, 2.45) is 0 Å². The zero-order chi connectivity index (χ0) is 15.5. The van der Waals surface area contributed by atoms with Crippen molar-refractivity contribution in [1.29, 1.82) is 0 Å². The van der Waals surface area contributed by atoms with Crippen LogP contribution < -0.4 is 5.32 Å². The Balaban J connectivity index is 2.16. The van der Waals surface area contributed by atoms with Crippen LogP contribution in [0.2, 0.25) is 0 Å². The molecule has 0 amide bonds. The summed E-state index contributed by atoms with van der Waals surface area (Å²) in [6.45, 7) is 7.10. The maximum absolute atomic E-state index is 12.8. The van der Waals surface area contributed by atoms with Crippen LogP contribution in [0.4, 0.5) is 0 Å². The second-order valence-corrected chi connectivity index (χ2v) is 8.46. The van der Waals surface area contributed by atoms with Crippen LogP contribution in [0.25, 0.3) is 0 Å². The molecule has 0 aromatic heterocycles. The van der Waals surface area contributed by atoms with E-state index in [2.05, 4.69) is 12.2 Å². The lowest BCUT2D eigenvalue weighted by Crippen LogP contribution is -2.39. The van der Waals surface area contributed by atoms with Crippen LogP contribution in [0, 0.1) is 13.8 Å². The summed E-state index contributed by atoms with van der Waals surface area (Å²) in [4.78, 5) is 0.492. The number of hydrogen-bond donors (Lipinski definition) is 1. The SMILES string of the molecule is CCCNC1CCCC(S(=O)(=O)c2ccc(C)c(C)c2)C1. The van der Waals surface area contributed by atoms with Crippen LogP contribution in [0.15, 0.2) is 23.1 Å². The van der Waals surface area contributed by atoms with Crippen LogP contribution in [0.3, 0.4) is 0 Å². The van der Waals surface area contributed by atoms with Crippen LogP contribution in [-0.4, -0.2) is 26.3 Å². The predicted molar refractivity (Wildman–Crippen MR) is 87.4 cm³/mol. The average molecular weight is 309 g/mol. The molecule has 0 aliphatic heterocycles. The molecule has 1 aromatic carbocycles. The molecule has 1 fully saturated rings. The summed E-state index contributed by atoms with van der Waals surface area (Å²) in [7, 11) is -3.20. The fourth-order valence-corrected chi connectivity index (χ4v) is 4.99. The molecule has 1 aliphatic carbocycles. The molecule has 1 aliphatic rings. The monoisotopic (exact) mass is 309 g/mol. The van der Waals surface area contributed by atoms with Gasteiger partial charge in [0.25, 0.3) is 0 Å². The Labute approximate surface area is 129 Å². The molecule has 0 bridgehead atoms. The molecule has 1 N–H and O–H groups in total. The number of aryl methyl sites for hydroxylation is 2. The van der Waals surface area contributed by atoms with Gasteiger partial charge in [-0.15, -0.1) is 0 Å². The fourth-order valence-electron chi connectivity index (χ4n) is 3.04. The molecule has 0 heterocycles. The number of hydrogen-bond acceptors (Lipinski definition) is 3. The first kappa shape index (κ1) is 16.5. The van der Waals surface area contributed by atoms with Crippen LogP contribution in [0.1, 0.15) is 50.2 Å². The zero-order valence-corrected chi connectivity index (χ0v) is 14.2. The lowest BCUT2D eigenvalue weighted by Gasteiger charge is -2.29. The summed E-state index contributed by atoms with van der Waals surface area (Å²) in [5.41, 5.74) is 2.19. The molecule has 118 valence electrons. The number of rotatable bonds is 5. The first-order valence-corrected chi connectivity index (χ1v) is 9.54. The summed E-state index contributed by atoms with van der Waals surface area (Å²) >= 11 is 0. The van der Waals surface area contributed by atoms with E-state index >= 15 is 0 Å². The maximum Gasteiger partial charge on any atom is 0.181 e. The highest BCUT2D eigenvalue weighted by molar-refractivity contribution is 7.92. The van der Waals surface area contributed by atoms with Crippen LogP contribution in [0.5, 0.6) is 0 Å². The zero-order valence-electron chi connectivity index (χ0n) is 13.4. The third-order valence-corrected chi connectivity index (χ3v) is 6.77. The Morgan fingerprint density at radius 3 is 2.62 bits per heavy atom. The quantitative estimate of drug-likeness (QED) is 0.907. The van der Waals surface area contributed by atoms with Crippen LogP contribution >= 0.6 is 0 Å². The lowest BCUT2D eigenvalue weighted by molar-refractivity contribution is 0.372. The van der Waals surface area contributed by atoms with E-state index in [1.165, 1.54) is 0 Å². The molecule has 0 spiro atoms. The van der Waals surface area contributed by atoms with E-state index in [-0.39, 0.29) is 5.25 Å². The smallest absolute Gasteiger partial charge is 0.181 e. The number of sulfone groups is 1. The predicted octanol–water partition coefficient (Wildman–Crippen LogP) is 3.39. The molecule has 2 atom stereocenters. The van der Waals surface area contributed by atoms with Gasteiger partial charge in [-0.2, -0.15) is 0 Å². The van der Waals surface area contributed by atoms with E-state index in [0.717, 1.165) is 49.8 Å². The summed E-state index contributed by atoms with van der Waals surface area (Å²) in [5.74, 6) is 0. The van der Waals surface area contributed by atoms with Crippen molar-refractivity contribution in [2.45, 2.75) is 69.1 Å². The van der Waals surface area contributed by atoms with E-state index in [4.69, 9.17) is 0 Å². The van der Waals surface area contributed by atoms with Crippen molar-refractivity contribution in [1.82, 2.24) is 5.32 Å². The fraction of sp³-hybridized carbons (Fsp3) is 0.647. The molecular weight excluding hydrogens is 282 g/mol. The molecule has 21 heavy (non-hydrogen) atoms. The van der Waals surface area contributed by atoms with Crippen LogP contribution in [-0.2, 0) is 9.84 Å². The highest BCUT2D eigenvalue weighted by Crippen LogP contribution is 2.29. The summed E-state index contributed by atoms with van der Waals surface area (Å²) in [5, 5.41) is 3.25. The van der Waals surface area contributed by atoms with Gasteiger partial charge in [0.15, 0.2) is 9.84 Å². The molecule has 1 aromatic rings. The average Bonchev–Trinajstić information content (AvgIpc) is 2.48. The van der Waals surface area contributed by atoms with Crippen molar-refractivity contribution in [3.63, 3.8) is 0 Å². The summed E-state index contributed by atoms with van der Waals surface area (Å²) < 4.78 is 25.7. The van der Waals surface area contributed by atoms with Gasteiger partial charge in [-0.25, -0.2) is 8.42 Å². The minimum absolute atomic E-state index is 0.234. The van der Waals surface area contributed by atoms with E-state index in [0.29, 0.717) is 10.9 Å². The molecule has 2 unspecified atom stereocenters. The standard InChI is InChI=1S/C17H27NO2S/c1-4-10-18-15-6-5-7-16(12-15)21(19,20)17-9-8-13(2)14(3)11-17/h8-9,11,15-16,18H,4-7,10,12H2,1-3H3. The van der Waals surface area contributed by atoms with Gasteiger partial charge < -0.3 is 5.32 Å². The van der Waals surface area contributed by atoms with Crippen molar-refractivity contribution in [3.8, 4) is 0 Å². The van der Waals surface area contributed by atoms with E-state index < -0.39 is 9.84 Å². The molecule has 1 saturated carbocycles. The van der Waals surface area contributed by atoms with Crippen molar-refractivity contribution < 1.29 is 8.42 Å². The Morgan fingerprint density at radius 2 is 1.95 bits per heavy atom. The van der Waals surface area contributed by atoms with Gasteiger partial charge in [0, 0.05) is 6.04 Å². The molecular formula is C17H27NO2S. The first-order valence-electron chi connectivity index (χ1n) is 7.99. The number of nitrogens with one attached hydrogen (secondary N) is 1. The Morgan fingerprint density at radius 1 is 1.19 bits per heavy atom. The second-order valence-electron chi connectivity index (χ2n) is 6.23. The van der Waals surface area contributed by atoms with E-state index in [1.54, 1.807) is 6.07 Å². The lowest BCUT2D eigenvalue weighted by atomic mass is 9.95. The van der Waals surface area contributed by atoms with Gasteiger partial charge >= 0.3 is 0 Å². The van der Waals surface area contributed by atoms with E-state index in [9.17, 15) is 8.42 Å². The van der Waals surface area contributed by atoms with Gasteiger partial charge in [0.05, 0.1) is 10.1 Å². The topological polar surface area (TPSA) is 46.2 Å². The molecule has 4 heteroatoms. The van der Waals surface area contributed by atoms with Gasteiger partial charge in [-0.05, 0) is 69.3 Å². The maximum atomic E-state index is 12.8. The van der Waals surface area contributed by atoms with Gasteiger partial charge in [0.2, 0.25) is 0 Å². The summed E-state index contributed by atoms with van der Waals surface area (Å²) in [6, 6.07) is 5.86. The third kappa shape index (κ3) is 3.86. The highest BCUT2D eigenvalue weighted by atomic mass is 32.2. The van der Waals surface area contributed by atoms with Gasteiger partial charge in [0.1, 0.15) is 0 Å². The number of benzene rings is 1. The minimum Gasteiger partial charge on any atom is -0.314 e. The van der Waals surface area contributed by atoms with Gasteiger partial charge in [-0.3, -0.25) is 0 Å². The summed E-state index contributed by atoms with van der Waals surface area (Å²) in [6.07, 6.45) is 4.72. The second kappa shape index (κ2) is 6.93. The first-order chi connectivity index (χ1) is 9.95. The minimum atomic E-state index is -3.20. The van der Waals surface area contributed by atoms with E-state index in [1.807, 2.05) is 26.0 Å². The van der Waals surface area contributed by atoms with Crippen molar-refractivity contribution in [2.75, 3.05) is 6.54 Å². The molecule has 0 saturated heterocycles. The van der Waals surface area contributed by atoms with Gasteiger partial charge in [-0.1, -0.05) is 19.4 Å². The Bertz CT molecular complexity index is 580. The largest absolute Gasteiger partial charge is 0.314 e. The molecule has 3 nitrogen and oxygen atoms in total. The Kier molecular flexibility index (Phi) is 5.44. The normalized spacial score (nSPS) is 23.2.